The number of nitrogens with one attached hydrogen (secondary N) is 1. The predicted molar refractivity (Wildman–Crippen MR) is 120 cm³/mol. The van der Waals surface area contributed by atoms with E-state index in [1.165, 1.54) is 4.31 Å². The number of piperazine rings is 1. The van der Waals surface area contributed by atoms with E-state index in [0.29, 0.717) is 43.5 Å². The van der Waals surface area contributed by atoms with Gasteiger partial charge in [0.25, 0.3) is 0 Å². The molecule has 3 heterocycles. The average molecular weight is 457 g/mol. The normalized spacial score (nSPS) is 16.8. The third kappa shape index (κ3) is 3.76. The number of anilines is 1. The van der Waals surface area contributed by atoms with Crippen molar-refractivity contribution in [1.29, 1.82) is 0 Å². The Labute approximate surface area is 186 Å². The molecule has 2 amide bonds. The number of aromatic nitrogens is 1. The third-order valence-corrected chi connectivity index (χ3v) is 7.71. The van der Waals surface area contributed by atoms with Crippen molar-refractivity contribution >= 4 is 32.6 Å². The molecule has 1 aromatic heterocycles. The summed E-state index contributed by atoms with van der Waals surface area (Å²) < 4.78 is 40.7. The Morgan fingerprint density at radius 3 is 2.47 bits per heavy atom. The molecule has 2 aliphatic heterocycles. The fourth-order valence-corrected chi connectivity index (χ4v) is 5.48. The van der Waals surface area contributed by atoms with Crippen molar-refractivity contribution in [3.05, 3.63) is 48.7 Å². The molecule has 168 valence electrons. The summed E-state index contributed by atoms with van der Waals surface area (Å²) in [6, 6.07) is 12.0. The van der Waals surface area contributed by atoms with Crippen LogP contribution >= 0.6 is 0 Å². The number of benzene rings is 2. The van der Waals surface area contributed by atoms with E-state index in [2.05, 4.69) is 5.32 Å². The number of nitrogens with zero attached hydrogens (tertiary/aromatic N) is 3. The molecule has 0 bridgehead atoms. The van der Waals surface area contributed by atoms with Gasteiger partial charge in [-0.2, -0.15) is 4.31 Å². The molecule has 10 heteroatoms. The molecule has 5 rings (SSSR count). The largest absolute Gasteiger partial charge is 0.486 e. The van der Waals surface area contributed by atoms with Gasteiger partial charge in [-0.25, -0.2) is 13.2 Å². The Kier molecular flexibility index (Phi) is 5.18. The second-order valence-corrected chi connectivity index (χ2v) is 9.76. The number of amides is 2. The number of hydrogen-bond donors (Lipinski definition) is 1. The molecule has 0 saturated carbocycles. The topological polar surface area (TPSA) is 93.1 Å². The van der Waals surface area contributed by atoms with E-state index < -0.39 is 10.0 Å². The maximum atomic E-state index is 13.1. The molecule has 1 fully saturated rings. The fraction of sp³-hybridized carbons (Fsp3) is 0.318. The minimum Gasteiger partial charge on any atom is -0.486 e. The zero-order chi connectivity index (χ0) is 22.3. The molecule has 2 aromatic carbocycles. The highest BCUT2D eigenvalue weighted by Crippen LogP contribution is 2.32. The Balaban J connectivity index is 1.23. The van der Waals surface area contributed by atoms with Crippen molar-refractivity contribution in [1.82, 2.24) is 13.8 Å². The van der Waals surface area contributed by atoms with E-state index in [1.54, 1.807) is 35.2 Å². The second kappa shape index (κ2) is 8.03. The van der Waals surface area contributed by atoms with Gasteiger partial charge in [0, 0.05) is 62.1 Å². The van der Waals surface area contributed by atoms with Crippen molar-refractivity contribution in [3.63, 3.8) is 0 Å². The van der Waals surface area contributed by atoms with Crippen molar-refractivity contribution in [2.75, 3.05) is 44.7 Å². The molecule has 32 heavy (non-hydrogen) atoms. The minimum atomic E-state index is -3.63. The number of sulfonamides is 1. The third-order valence-electron chi connectivity index (χ3n) is 5.81. The van der Waals surface area contributed by atoms with Gasteiger partial charge in [0.1, 0.15) is 13.2 Å². The monoisotopic (exact) mass is 456 g/mol. The van der Waals surface area contributed by atoms with Gasteiger partial charge in [-0.1, -0.05) is 0 Å². The summed E-state index contributed by atoms with van der Waals surface area (Å²) in [6.07, 6.45) is 1.90. The van der Waals surface area contributed by atoms with Crippen molar-refractivity contribution < 1.29 is 22.7 Å². The zero-order valence-electron chi connectivity index (χ0n) is 17.7. The lowest BCUT2D eigenvalue weighted by atomic mass is 10.2. The summed E-state index contributed by atoms with van der Waals surface area (Å²) in [7, 11) is -1.70. The van der Waals surface area contributed by atoms with Crippen LogP contribution in [0.5, 0.6) is 11.5 Å². The van der Waals surface area contributed by atoms with E-state index in [0.717, 1.165) is 10.9 Å². The van der Waals surface area contributed by atoms with Gasteiger partial charge >= 0.3 is 6.03 Å². The zero-order valence-corrected chi connectivity index (χ0v) is 18.5. The molecular weight excluding hydrogens is 432 g/mol. The molecular formula is C22H24N4O5S. The smallest absolute Gasteiger partial charge is 0.321 e. The summed E-state index contributed by atoms with van der Waals surface area (Å²) in [5.74, 6) is 1.25. The van der Waals surface area contributed by atoms with E-state index in [1.807, 2.05) is 29.9 Å². The summed E-state index contributed by atoms with van der Waals surface area (Å²) in [4.78, 5) is 14.6. The van der Waals surface area contributed by atoms with Gasteiger partial charge in [0.05, 0.1) is 4.90 Å². The number of carbonyl (C=O) groups excluding carboxylic acids is 1. The average Bonchev–Trinajstić information content (AvgIpc) is 3.19. The highest BCUT2D eigenvalue weighted by molar-refractivity contribution is 7.89. The summed E-state index contributed by atoms with van der Waals surface area (Å²) >= 11 is 0. The molecule has 9 nitrogen and oxygen atoms in total. The molecule has 2 aliphatic rings. The quantitative estimate of drug-likeness (QED) is 0.654. The first-order valence-corrected chi connectivity index (χ1v) is 11.9. The van der Waals surface area contributed by atoms with Crippen molar-refractivity contribution in [3.8, 4) is 11.5 Å². The second-order valence-electron chi connectivity index (χ2n) is 7.83. The van der Waals surface area contributed by atoms with Gasteiger partial charge in [-0.3, -0.25) is 0 Å². The molecule has 0 radical (unpaired) electrons. The van der Waals surface area contributed by atoms with Crippen LogP contribution in [0, 0.1) is 0 Å². The minimum absolute atomic E-state index is 0.240. The van der Waals surface area contributed by atoms with E-state index >= 15 is 0 Å². The summed E-state index contributed by atoms with van der Waals surface area (Å²) in [6.45, 7) is 2.07. The maximum Gasteiger partial charge on any atom is 0.321 e. The lowest BCUT2D eigenvalue weighted by Gasteiger charge is -2.34. The Morgan fingerprint density at radius 1 is 0.938 bits per heavy atom. The van der Waals surface area contributed by atoms with E-state index in [-0.39, 0.29) is 24.0 Å². The summed E-state index contributed by atoms with van der Waals surface area (Å²) in [5.41, 5.74) is 1.58. The van der Waals surface area contributed by atoms with Gasteiger partial charge in [-0.05, 0) is 36.4 Å². The number of fused-ring (bicyclic) bond motifs is 2. The van der Waals surface area contributed by atoms with Crippen LogP contribution in [0.2, 0.25) is 0 Å². The first-order chi connectivity index (χ1) is 15.4. The van der Waals surface area contributed by atoms with Crippen LogP contribution in [0.4, 0.5) is 10.5 Å². The number of urea groups is 1. The lowest BCUT2D eigenvalue weighted by molar-refractivity contribution is 0.171. The first-order valence-electron chi connectivity index (χ1n) is 10.4. The summed E-state index contributed by atoms with van der Waals surface area (Å²) in [5, 5.41) is 3.73. The standard InChI is InChI=1S/C22H24N4O5S/c1-24-7-6-16-14-18(3-4-19(16)24)32(28,29)26-10-8-25(9-11-26)22(27)23-17-2-5-20-21(15-17)31-13-12-30-20/h2-7,14-15H,8-13H2,1H3,(H,23,27). The van der Waals surface area contributed by atoms with Crippen LogP contribution in [0.3, 0.4) is 0 Å². The number of ether oxygens (including phenoxy) is 2. The highest BCUT2D eigenvalue weighted by Gasteiger charge is 2.30. The highest BCUT2D eigenvalue weighted by atomic mass is 32.2. The van der Waals surface area contributed by atoms with Gasteiger partial charge in [-0.15, -0.1) is 0 Å². The molecule has 1 saturated heterocycles. The van der Waals surface area contributed by atoms with Crippen LogP contribution < -0.4 is 14.8 Å². The number of rotatable bonds is 3. The van der Waals surface area contributed by atoms with Gasteiger partial charge in [0.15, 0.2) is 11.5 Å². The number of carbonyl (C=O) groups is 1. The number of hydrogen-bond acceptors (Lipinski definition) is 5. The Morgan fingerprint density at radius 2 is 1.69 bits per heavy atom. The van der Waals surface area contributed by atoms with Gasteiger partial charge in [0.2, 0.25) is 10.0 Å². The number of aryl methyl sites for hydroxylation is 1. The van der Waals surface area contributed by atoms with Crippen LogP contribution in [-0.4, -0.2) is 67.6 Å². The van der Waals surface area contributed by atoms with Crippen molar-refractivity contribution in [2.24, 2.45) is 7.05 Å². The lowest BCUT2D eigenvalue weighted by Crippen LogP contribution is -2.51. The van der Waals surface area contributed by atoms with Gasteiger partial charge < -0.3 is 24.3 Å². The van der Waals surface area contributed by atoms with Crippen LogP contribution in [0.25, 0.3) is 10.9 Å². The first kappa shape index (κ1) is 20.7. The molecule has 0 spiro atoms. The predicted octanol–water partition coefficient (Wildman–Crippen LogP) is 2.49. The molecule has 1 N–H and O–H groups in total. The Bertz CT molecular complexity index is 1280. The van der Waals surface area contributed by atoms with E-state index in [4.69, 9.17) is 9.47 Å². The maximum absolute atomic E-state index is 13.1. The van der Waals surface area contributed by atoms with Crippen LogP contribution in [0.15, 0.2) is 53.6 Å². The SMILES string of the molecule is Cn1ccc2cc(S(=O)(=O)N3CCN(C(=O)Nc4ccc5c(c4)OCCO5)CC3)ccc21. The molecule has 3 aromatic rings. The Hall–Kier alpha value is -3.24. The fourth-order valence-electron chi connectivity index (χ4n) is 4.02. The van der Waals surface area contributed by atoms with Crippen LogP contribution in [-0.2, 0) is 17.1 Å². The molecule has 0 unspecified atom stereocenters. The van der Waals surface area contributed by atoms with Crippen molar-refractivity contribution in [2.45, 2.75) is 4.90 Å². The molecule has 0 atom stereocenters. The molecule has 0 aliphatic carbocycles. The van der Waals surface area contributed by atoms with E-state index in [9.17, 15) is 13.2 Å². The van der Waals surface area contributed by atoms with Crippen LogP contribution in [0.1, 0.15) is 0 Å².